The van der Waals surface area contributed by atoms with Gasteiger partial charge in [-0.3, -0.25) is 9.69 Å². The third kappa shape index (κ3) is 2.87. The molecule has 0 saturated carbocycles. The lowest BCUT2D eigenvalue weighted by atomic mass is 9.75. The number of hydrogen-bond donors (Lipinski definition) is 1. The number of carbonyl (C=O) groups excluding carboxylic acids is 1. The van der Waals surface area contributed by atoms with Crippen LogP contribution in [0, 0.1) is 24.1 Å². The van der Waals surface area contributed by atoms with Gasteiger partial charge in [0.15, 0.2) is 5.78 Å². The van der Waals surface area contributed by atoms with Gasteiger partial charge in [-0.05, 0) is 49.6 Å². The van der Waals surface area contributed by atoms with Crippen LogP contribution in [0.1, 0.15) is 36.3 Å². The second-order valence-electron chi connectivity index (χ2n) is 7.20. The number of anilines is 1. The summed E-state index contributed by atoms with van der Waals surface area (Å²) in [5.41, 5.74) is 10.9. The molecule has 0 saturated heterocycles. The van der Waals surface area contributed by atoms with Gasteiger partial charge in [0.25, 0.3) is 0 Å². The molecule has 4 nitrogen and oxygen atoms in total. The van der Waals surface area contributed by atoms with Crippen molar-refractivity contribution < 1.29 is 9.18 Å². The second-order valence-corrected chi connectivity index (χ2v) is 7.20. The molecule has 0 amide bonds. The first-order valence-corrected chi connectivity index (χ1v) is 9.29. The van der Waals surface area contributed by atoms with Crippen molar-refractivity contribution in [2.75, 3.05) is 4.90 Å². The summed E-state index contributed by atoms with van der Waals surface area (Å²) in [5, 5.41) is 9.91. The van der Waals surface area contributed by atoms with Crippen molar-refractivity contribution in [3.8, 4) is 6.07 Å². The van der Waals surface area contributed by atoms with Crippen LogP contribution in [0.5, 0.6) is 0 Å². The minimum absolute atomic E-state index is 0.0212. The molecule has 28 heavy (non-hydrogen) atoms. The molecule has 1 aliphatic heterocycles. The number of carbonyl (C=O) groups is 1. The third-order valence-corrected chi connectivity index (χ3v) is 5.41. The Hall–Kier alpha value is -3.39. The van der Waals surface area contributed by atoms with Crippen LogP contribution >= 0.6 is 0 Å². The molecule has 1 aliphatic carbocycles. The number of Topliss-reactive ketones (excluding diaryl/α,β-unsaturated/α-hetero) is 1. The molecule has 140 valence electrons. The zero-order valence-corrected chi connectivity index (χ0v) is 15.6. The molecular weight excluding hydrogens is 353 g/mol. The zero-order chi connectivity index (χ0) is 19.8. The average molecular weight is 373 g/mol. The van der Waals surface area contributed by atoms with Crippen molar-refractivity contribution in [3.63, 3.8) is 0 Å². The lowest BCUT2D eigenvalue weighted by Crippen LogP contribution is -2.38. The maximum atomic E-state index is 13.4. The van der Waals surface area contributed by atoms with Crippen LogP contribution in [0.4, 0.5) is 10.1 Å². The Morgan fingerprint density at radius 3 is 2.43 bits per heavy atom. The number of benzene rings is 2. The van der Waals surface area contributed by atoms with E-state index in [-0.39, 0.29) is 11.6 Å². The molecule has 2 aromatic rings. The van der Waals surface area contributed by atoms with Crippen LogP contribution in [-0.4, -0.2) is 5.78 Å². The molecule has 0 aromatic heterocycles. The maximum absolute atomic E-state index is 13.4. The summed E-state index contributed by atoms with van der Waals surface area (Å²) < 4.78 is 13.4. The van der Waals surface area contributed by atoms with Gasteiger partial charge in [-0.15, -0.1) is 0 Å². The fraction of sp³-hybridized carbons (Fsp3) is 0.217. The van der Waals surface area contributed by atoms with Crippen LogP contribution in [0.3, 0.4) is 0 Å². The number of aryl methyl sites for hydroxylation is 1. The van der Waals surface area contributed by atoms with Crippen molar-refractivity contribution in [1.82, 2.24) is 0 Å². The maximum Gasteiger partial charge on any atom is 0.161 e. The quantitative estimate of drug-likeness (QED) is 0.845. The van der Waals surface area contributed by atoms with Gasteiger partial charge in [0, 0.05) is 23.4 Å². The van der Waals surface area contributed by atoms with E-state index in [0.29, 0.717) is 35.4 Å². The fourth-order valence-corrected chi connectivity index (χ4v) is 4.06. The summed E-state index contributed by atoms with van der Waals surface area (Å²) in [6.45, 7) is 2.00. The summed E-state index contributed by atoms with van der Waals surface area (Å²) in [6, 6.07) is 16.0. The second kappa shape index (κ2) is 6.97. The lowest BCUT2D eigenvalue weighted by Gasteiger charge is -2.39. The first-order chi connectivity index (χ1) is 13.5. The van der Waals surface area contributed by atoms with Gasteiger partial charge in [-0.1, -0.05) is 29.8 Å². The number of allylic oxidation sites excluding steroid dienone is 3. The Morgan fingerprint density at radius 2 is 1.79 bits per heavy atom. The van der Waals surface area contributed by atoms with Crippen molar-refractivity contribution >= 4 is 11.5 Å². The monoisotopic (exact) mass is 373 g/mol. The summed E-state index contributed by atoms with van der Waals surface area (Å²) in [6.07, 6.45) is 1.88. The number of hydrogen-bond acceptors (Lipinski definition) is 4. The SMILES string of the molecule is Cc1ccc(N2C(N)=C(C#N)[C@@H](c3ccc(F)cc3)C3=C2CCCC3=O)cc1. The standard InChI is InChI=1S/C23H20FN3O/c1-14-5-11-17(12-6-14)27-19-3-2-4-20(28)22(19)21(18(13-25)23(27)26)15-7-9-16(24)10-8-15/h5-12,21H,2-4,26H2,1H3/t21-/m1/s1. The molecule has 0 radical (unpaired) electrons. The molecule has 2 N–H and O–H groups in total. The highest BCUT2D eigenvalue weighted by atomic mass is 19.1. The molecule has 4 rings (SSSR count). The molecule has 5 heteroatoms. The number of nitrogens with zero attached hydrogens (tertiary/aromatic N) is 2. The Bertz CT molecular complexity index is 1040. The number of rotatable bonds is 2. The van der Waals surface area contributed by atoms with Gasteiger partial charge >= 0.3 is 0 Å². The van der Waals surface area contributed by atoms with Crippen LogP contribution < -0.4 is 10.6 Å². The first-order valence-electron chi connectivity index (χ1n) is 9.29. The van der Waals surface area contributed by atoms with Gasteiger partial charge in [-0.25, -0.2) is 4.39 Å². The van der Waals surface area contributed by atoms with Crippen LogP contribution in [0.25, 0.3) is 0 Å². The molecule has 2 aliphatic rings. The third-order valence-electron chi connectivity index (χ3n) is 5.41. The summed E-state index contributed by atoms with van der Waals surface area (Å²) in [5.74, 6) is -0.572. The molecular formula is C23H20FN3O. The predicted molar refractivity (Wildman–Crippen MR) is 106 cm³/mol. The van der Waals surface area contributed by atoms with E-state index in [9.17, 15) is 14.4 Å². The highest BCUT2D eigenvalue weighted by Gasteiger charge is 2.40. The molecule has 1 atom stereocenters. The number of halogens is 1. The smallest absolute Gasteiger partial charge is 0.161 e. The molecule has 1 heterocycles. The van der Waals surface area contributed by atoms with E-state index in [1.807, 2.05) is 36.1 Å². The van der Waals surface area contributed by atoms with Crippen LogP contribution in [-0.2, 0) is 4.79 Å². The average Bonchev–Trinajstić information content (AvgIpc) is 2.69. The highest BCUT2D eigenvalue weighted by Crippen LogP contribution is 2.46. The van der Waals surface area contributed by atoms with Gasteiger partial charge in [-0.2, -0.15) is 5.26 Å². The fourth-order valence-electron chi connectivity index (χ4n) is 4.06. The molecule has 0 bridgehead atoms. The van der Waals surface area contributed by atoms with Crippen molar-refractivity contribution in [3.05, 3.63) is 88.1 Å². The van der Waals surface area contributed by atoms with Crippen molar-refractivity contribution in [1.29, 1.82) is 5.26 Å². The Balaban J connectivity index is 1.95. The Morgan fingerprint density at radius 1 is 1.11 bits per heavy atom. The van der Waals surface area contributed by atoms with Gasteiger partial charge < -0.3 is 5.73 Å². The molecule has 0 unspecified atom stereocenters. The van der Waals surface area contributed by atoms with E-state index in [1.54, 1.807) is 12.1 Å². The Kier molecular flexibility index (Phi) is 4.48. The largest absolute Gasteiger partial charge is 0.384 e. The highest BCUT2D eigenvalue weighted by molar-refractivity contribution is 6.01. The minimum Gasteiger partial charge on any atom is -0.384 e. The summed E-state index contributed by atoms with van der Waals surface area (Å²) in [7, 11) is 0. The number of nitrogens with two attached hydrogens (primary N) is 1. The van der Waals surface area contributed by atoms with Gasteiger partial charge in [0.05, 0.1) is 17.6 Å². The van der Waals surface area contributed by atoms with Crippen LogP contribution in [0.2, 0.25) is 0 Å². The predicted octanol–water partition coefficient (Wildman–Crippen LogP) is 4.44. The van der Waals surface area contributed by atoms with E-state index in [0.717, 1.165) is 23.4 Å². The first kappa shape index (κ1) is 18.0. The number of ketones is 1. The van der Waals surface area contributed by atoms with E-state index < -0.39 is 5.92 Å². The van der Waals surface area contributed by atoms with E-state index in [4.69, 9.17) is 5.73 Å². The van der Waals surface area contributed by atoms with Gasteiger partial charge in [0.1, 0.15) is 11.6 Å². The van der Waals surface area contributed by atoms with E-state index in [2.05, 4.69) is 6.07 Å². The van der Waals surface area contributed by atoms with Crippen LogP contribution in [0.15, 0.2) is 71.2 Å². The molecule has 0 fully saturated rings. The summed E-state index contributed by atoms with van der Waals surface area (Å²) in [4.78, 5) is 14.8. The summed E-state index contributed by atoms with van der Waals surface area (Å²) >= 11 is 0. The van der Waals surface area contributed by atoms with E-state index >= 15 is 0 Å². The zero-order valence-electron chi connectivity index (χ0n) is 15.6. The molecule has 0 spiro atoms. The minimum atomic E-state index is -0.560. The van der Waals surface area contributed by atoms with Crippen molar-refractivity contribution in [2.45, 2.75) is 32.1 Å². The number of nitriles is 1. The normalized spacial score (nSPS) is 19.5. The topological polar surface area (TPSA) is 70.1 Å². The van der Waals surface area contributed by atoms with E-state index in [1.165, 1.54) is 12.1 Å². The van der Waals surface area contributed by atoms with Gasteiger partial charge in [0.2, 0.25) is 0 Å². The molecule has 2 aromatic carbocycles. The van der Waals surface area contributed by atoms with Crippen molar-refractivity contribution in [2.24, 2.45) is 5.73 Å². The Labute approximate surface area is 163 Å². The lowest BCUT2D eigenvalue weighted by molar-refractivity contribution is -0.116.